The Hall–Kier alpha value is -0.0400. The summed E-state index contributed by atoms with van der Waals surface area (Å²) in [5, 5.41) is 0. The van der Waals surface area contributed by atoms with Crippen molar-refractivity contribution in [3.8, 4) is 0 Å². The maximum absolute atomic E-state index is 2.61. The number of unbranched alkanes of at least 4 members (excludes halogenated alkanes) is 7. The van der Waals surface area contributed by atoms with Gasteiger partial charge in [-0.3, -0.25) is 0 Å². The highest BCUT2D eigenvalue weighted by Crippen LogP contribution is 2.16. The lowest BCUT2D eigenvalue weighted by Crippen LogP contribution is -2.33. The molecule has 0 saturated carbocycles. The third kappa shape index (κ3) is 12.4. The van der Waals surface area contributed by atoms with Gasteiger partial charge in [0.05, 0.1) is 0 Å². The molecule has 0 atom stereocenters. The molecule has 0 fully saturated rings. The zero-order valence-electron chi connectivity index (χ0n) is 13.7. The largest absolute Gasteiger partial charge is 0.303 e. The highest BCUT2D eigenvalue weighted by Gasteiger charge is 2.14. The summed E-state index contributed by atoms with van der Waals surface area (Å²) in [5.41, 5.74) is 0.441. The molecular weight excluding hydrogens is 218 g/mol. The fraction of sp³-hybridized carbons (Fsp3) is 1.00. The molecule has 0 aromatic carbocycles. The lowest BCUT2D eigenvalue weighted by Gasteiger charge is -2.28. The Kier molecular flexibility index (Phi) is 10.8. The summed E-state index contributed by atoms with van der Waals surface area (Å²) >= 11 is 0. The Morgan fingerprint density at radius 1 is 0.722 bits per heavy atom. The topological polar surface area (TPSA) is 3.24 Å². The van der Waals surface area contributed by atoms with Gasteiger partial charge in [-0.05, 0) is 24.9 Å². The van der Waals surface area contributed by atoms with Crippen molar-refractivity contribution in [3.05, 3.63) is 0 Å². The van der Waals surface area contributed by atoms with Gasteiger partial charge in [0.25, 0.3) is 0 Å². The molecule has 0 radical (unpaired) electrons. The molecule has 0 bridgehead atoms. The molecule has 0 aliphatic heterocycles. The number of hydrogen-bond donors (Lipinski definition) is 0. The van der Waals surface area contributed by atoms with E-state index in [4.69, 9.17) is 0 Å². The third-order valence-electron chi connectivity index (χ3n) is 3.47. The van der Waals surface area contributed by atoms with Crippen LogP contribution in [0, 0.1) is 5.41 Å². The maximum Gasteiger partial charge on any atom is 0.00299 e. The molecule has 0 saturated heterocycles. The van der Waals surface area contributed by atoms with Crippen LogP contribution in [0.5, 0.6) is 0 Å². The van der Waals surface area contributed by atoms with Crippen LogP contribution in [0.2, 0.25) is 0 Å². The number of hydrogen-bond acceptors (Lipinski definition) is 1. The molecule has 0 rings (SSSR count). The van der Waals surface area contributed by atoms with Crippen molar-refractivity contribution in [2.75, 3.05) is 19.6 Å². The monoisotopic (exact) mass is 255 g/mol. The van der Waals surface area contributed by atoms with Crippen molar-refractivity contribution >= 4 is 0 Å². The normalized spacial score (nSPS) is 12.3. The van der Waals surface area contributed by atoms with Crippen molar-refractivity contribution in [1.82, 2.24) is 4.90 Å². The second-order valence-electron chi connectivity index (χ2n) is 6.90. The first-order valence-corrected chi connectivity index (χ1v) is 8.22. The average molecular weight is 255 g/mol. The molecule has 1 heteroatoms. The Balaban J connectivity index is 3.40. The Morgan fingerprint density at radius 2 is 1.22 bits per heavy atom. The van der Waals surface area contributed by atoms with Gasteiger partial charge in [0.2, 0.25) is 0 Å². The van der Waals surface area contributed by atoms with E-state index in [1.807, 2.05) is 0 Å². The standard InChI is InChI=1S/C17H37N/c1-6-8-9-10-11-12-13-14-15-18(7-2)16-17(3,4)5/h6-16H2,1-5H3. The van der Waals surface area contributed by atoms with Crippen molar-refractivity contribution in [2.24, 2.45) is 5.41 Å². The van der Waals surface area contributed by atoms with Crippen molar-refractivity contribution in [1.29, 1.82) is 0 Å². The SMILES string of the molecule is CCCCCCCCCCN(CC)CC(C)(C)C. The van der Waals surface area contributed by atoms with Crippen LogP contribution in [-0.2, 0) is 0 Å². The molecule has 1 nitrogen and oxygen atoms in total. The van der Waals surface area contributed by atoms with Crippen LogP contribution in [0.25, 0.3) is 0 Å². The molecule has 110 valence electrons. The molecule has 0 aliphatic rings. The van der Waals surface area contributed by atoms with E-state index in [0.29, 0.717) is 5.41 Å². The summed E-state index contributed by atoms with van der Waals surface area (Å²) in [7, 11) is 0. The average Bonchev–Trinajstić information content (AvgIpc) is 2.29. The number of rotatable bonds is 11. The van der Waals surface area contributed by atoms with Crippen LogP contribution in [0.4, 0.5) is 0 Å². The predicted molar refractivity (Wildman–Crippen MR) is 84.2 cm³/mol. The first-order chi connectivity index (χ1) is 8.49. The second kappa shape index (κ2) is 10.8. The first kappa shape index (κ1) is 18.0. The van der Waals surface area contributed by atoms with Gasteiger partial charge in [-0.25, -0.2) is 0 Å². The van der Waals surface area contributed by atoms with Crippen LogP contribution in [0.1, 0.15) is 86.0 Å². The van der Waals surface area contributed by atoms with Crippen molar-refractivity contribution in [2.45, 2.75) is 86.0 Å². The molecule has 0 unspecified atom stereocenters. The molecular formula is C17H37N. The van der Waals surface area contributed by atoms with Crippen LogP contribution >= 0.6 is 0 Å². The highest BCUT2D eigenvalue weighted by molar-refractivity contribution is 4.68. The van der Waals surface area contributed by atoms with Crippen molar-refractivity contribution in [3.63, 3.8) is 0 Å². The lowest BCUT2D eigenvalue weighted by atomic mass is 9.96. The second-order valence-corrected chi connectivity index (χ2v) is 6.90. The highest BCUT2D eigenvalue weighted by atomic mass is 15.1. The zero-order chi connectivity index (χ0) is 13.9. The van der Waals surface area contributed by atoms with Crippen LogP contribution in [0.3, 0.4) is 0 Å². The van der Waals surface area contributed by atoms with E-state index in [-0.39, 0.29) is 0 Å². The number of nitrogens with zero attached hydrogens (tertiary/aromatic N) is 1. The quantitative estimate of drug-likeness (QED) is 0.441. The fourth-order valence-corrected chi connectivity index (χ4v) is 2.49. The van der Waals surface area contributed by atoms with Gasteiger partial charge >= 0.3 is 0 Å². The van der Waals surface area contributed by atoms with Gasteiger partial charge in [-0.1, -0.05) is 79.6 Å². The fourth-order valence-electron chi connectivity index (χ4n) is 2.49. The summed E-state index contributed by atoms with van der Waals surface area (Å²) in [6.07, 6.45) is 11.4. The summed E-state index contributed by atoms with van der Waals surface area (Å²) in [6, 6.07) is 0. The Labute approximate surface area is 116 Å². The molecule has 0 amide bonds. The molecule has 0 spiro atoms. The molecule has 0 aromatic heterocycles. The smallest absolute Gasteiger partial charge is 0.00299 e. The van der Waals surface area contributed by atoms with E-state index in [0.717, 1.165) is 0 Å². The lowest BCUT2D eigenvalue weighted by molar-refractivity contribution is 0.196. The Bertz CT molecular complexity index is 169. The van der Waals surface area contributed by atoms with E-state index in [9.17, 15) is 0 Å². The van der Waals surface area contributed by atoms with E-state index in [1.165, 1.54) is 71.0 Å². The van der Waals surface area contributed by atoms with Gasteiger partial charge in [-0.2, -0.15) is 0 Å². The summed E-state index contributed by atoms with van der Waals surface area (Å²) in [5.74, 6) is 0. The van der Waals surface area contributed by atoms with Crippen LogP contribution in [-0.4, -0.2) is 24.5 Å². The van der Waals surface area contributed by atoms with Gasteiger partial charge < -0.3 is 4.90 Å². The minimum absolute atomic E-state index is 0.441. The predicted octanol–water partition coefficient (Wildman–Crippen LogP) is 5.50. The van der Waals surface area contributed by atoms with Gasteiger partial charge in [0, 0.05) is 6.54 Å². The van der Waals surface area contributed by atoms with Gasteiger partial charge in [0.1, 0.15) is 0 Å². The summed E-state index contributed by atoms with van der Waals surface area (Å²) < 4.78 is 0. The van der Waals surface area contributed by atoms with Crippen molar-refractivity contribution < 1.29 is 0 Å². The van der Waals surface area contributed by atoms with Crippen LogP contribution in [0.15, 0.2) is 0 Å². The van der Waals surface area contributed by atoms with E-state index < -0.39 is 0 Å². The molecule has 0 N–H and O–H groups in total. The molecule has 0 aromatic rings. The minimum atomic E-state index is 0.441. The summed E-state index contributed by atoms with van der Waals surface area (Å²) in [6.45, 7) is 15.3. The van der Waals surface area contributed by atoms with E-state index in [1.54, 1.807) is 0 Å². The zero-order valence-corrected chi connectivity index (χ0v) is 13.7. The maximum atomic E-state index is 2.61. The molecule has 0 heterocycles. The third-order valence-corrected chi connectivity index (χ3v) is 3.47. The van der Waals surface area contributed by atoms with Gasteiger partial charge in [0.15, 0.2) is 0 Å². The van der Waals surface area contributed by atoms with E-state index in [2.05, 4.69) is 39.5 Å². The summed E-state index contributed by atoms with van der Waals surface area (Å²) in [4.78, 5) is 2.61. The van der Waals surface area contributed by atoms with Crippen LogP contribution < -0.4 is 0 Å². The van der Waals surface area contributed by atoms with Gasteiger partial charge in [-0.15, -0.1) is 0 Å². The molecule has 0 aliphatic carbocycles. The van der Waals surface area contributed by atoms with E-state index >= 15 is 0 Å². The Morgan fingerprint density at radius 3 is 1.67 bits per heavy atom. The first-order valence-electron chi connectivity index (χ1n) is 8.22. The minimum Gasteiger partial charge on any atom is -0.303 e. The molecule has 18 heavy (non-hydrogen) atoms.